The molecular formula is C66H50S. The van der Waals surface area contributed by atoms with E-state index >= 15 is 0 Å². The SMILES string of the molecule is CC(c1ccc2c(c1)C(c1ccccc1)(c1ccccc1)c1cc(CCC3c4ccccc4-c4ccccc43)c3ccccc3c1-2)C(Cc1ccccc1)c1ccc2c(c1)sc1ccccc12. The maximum absolute atomic E-state index is 2.63. The summed E-state index contributed by atoms with van der Waals surface area (Å²) < 4.78 is 2.72. The van der Waals surface area contributed by atoms with Gasteiger partial charge in [0.1, 0.15) is 0 Å². The molecule has 0 radical (unpaired) electrons. The lowest BCUT2D eigenvalue weighted by atomic mass is 9.66. The van der Waals surface area contributed by atoms with E-state index in [1.54, 1.807) is 0 Å². The minimum atomic E-state index is -0.529. The highest BCUT2D eigenvalue weighted by Crippen LogP contribution is 2.59. The second-order valence-corrected chi connectivity index (χ2v) is 20.1. The van der Waals surface area contributed by atoms with Crippen molar-refractivity contribution in [1.82, 2.24) is 0 Å². The Morgan fingerprint density at radius 1 is 0.448 bits per heavy atom. The summed E-state index contributed by atoms with van der Waals surface area (Å²) in [6.45, 7) is 2.48. The van der Waals surface area contributed by atoms with E-state index in [0.29, 0.717) is 5.92 Å². The van der Waals surface area contributed by atoms with Gasteiger partial charge in [-0.3, -0.25) is 0 Å². The van der Waals surface area contributed by atoms with Gasteiger partial charge in [-0.05, 0) is 132 Å². The Kier molecular flexibility index (Phi) is 9.69. The first-order chi connectivity index (χ1) is 33.1. The van der Waals surface area contributed by atoms with Gasteiger partial charge < -0.3 is 0 Å². The Morgan fingerprint density at radius 2 is 1.01 bits per heavy atom. The second-order valence-electron chi connectivity index (χ2n) is 19.0. The lowest BCUT2D eigenvalue weighted by Crippen LogP contribution is -2.29. The monoisotopic (exact) mass is 874 g/mol. The molecule has 11 aromatic rings. The molecule has 320 valence electrons. The van der Waals surface area contributed by atoms with Crippen molar-refractivity contribution in [2.45, 2.75) is 49.4 Å². The molecule has 0 aliphatic heterocycles. The molecule has 13 rings (SSSR count). The molecule has 0 bridgehead atoms. The fraction of sp³-hybridized carbons (Fsp3) is 0.121. The number of benzene rings is 10. The predicted molar refractivity (Wildman–Crippen MR) is 284 cm³/mol. The van der Waals surface area contributed by atoms with E-state index in [1.165, 1.54) is 109 Å². The molecule has 0 nitrogen and oxygen atoms in total. The summed E-state index contributed by atoms with van der Waals surface area (Å²) in [6.07, 6.45) is 2.98. The number of hydrogen-bond donors (Lipinski definition) is 0. The van der Waals surface area contributed by atoms with Crippen LogP contribution < -0.4 is 0 Å². The van der Waals surface area contributed by atoms with Crippen LogP contribution in [0.3, 0.4) is 0 Å². The van der Waals surface area contributed by atoms with Crippen LogP contribution in [0, 0.1) is 0 Å². The molecule has 0 saturated heterocycles. The van der Waals surface area contributed by atoms with Crippen molar-refractivity contribution < 1.29 is 0 Å². The van der Waals surface area contributed by atoms with Gasteiger partial charge in [0.2, 0.25) is 0 Å². The Bertz CT molecular complexity index is 3550. The third kappa shape index (κ3) is 6.40. The zero-order valence-electron chi connectivity index (χ0n) is 37.7. The fourth-order valence-electron chi connectivity index (χ4n) is 12.5. The lowest BCUT2D eigenvalue weighted by Gasteiger charge is -2.35. The number of thiophene rings is 1. The highest BCUT2D eigenvalue weighted by molar-refractivity contribution is 7.25. The number of hydrogen-bond acceptors (Lipinski definition) is 1. The molecule has 0 spiro atoms. The van der Waals surface area contributed by atoms with Crippen LogP contribution in [0.5, 0.6) is 0 Å². The largest absolute Gasteiger partial charge is 0.135 e. The zero-order valence-corrected chi connectivity index (χ0v) is 38.5. The van der Waals surface area contributed by atoms with E-state index < -0.39 is 5.41 Å². The van der Waals surface area contributed by atoms with Crippen molar-refractivity contribution >= 4 is 42.3 Å². The van der Waals surface area contributed by atoms with Gasteiger partial charge in [0.25, 0.3) is 0 Å². The van der Waals surface area contributed by atoms with Gasteiger partial charge in [-0.1, -0.05) is 225 Å². The van der Waals surface area contributed by atoms with Crippen molar-refractivity contribution in [2.24, 2.45) is 0 Å². The van der Waals surface area contributed by atoms with Crippen LogP contribution in [-0.2, 0) is 18.3 Å². The molecule has 0 fully saturated rings. The molecule has 2 aliphatic rings. The summed E-state index contributed by atoms with van der Waals surface area (Å²) in [6, 6.07) is 87.7. The Hall–Kier alpha value is -7.32. The molecule has 2 aliphatic carbocycles. The van der Waals surface area contributed by atoms with Crippen LogP contribution in [-0.4, -0.2) is 0 Å². The molecule has 1 heterocycles. The van der Waals surface area contributed by atoms with Gasteiger partial charge in [0.15, 0.2) is 0 Å². The van der Waals surface area contributed by atoms with E-state index in [9.17, 15) is 0 Å². The van der Waals surface area contributed by atoms with E-state index in [-0.39, 0.29) is 11.8 Å². The van der Waals surface area contributed by atoms with Crippen molar-refractivity contribution in [3.63, 3.8) is 0 Å². The molecule has 0 amide bonds. The van der Waals surface area contributed by atoms with E-state index in [1.807, 2.05) is 11.3 Å². The van der Waals surface area contributed by atoms with Crippen molar-refractivity contribution in [3.05, 3.63) is 286 Å². The Labute approximate surface area is 397 Å². The quantitative estimate of drug-likeness (QED) is 0.128. The summed E-state index contributed by atoms with van der Waals surface area (Å²) in [4.78, 5) is 0. The Balaban J connectivity index is 0.992. The third-order valence-electron chi connectivity index (χ3n) is 15.6. The first-order valence-corrected chi connectivity index (χ1v) is 24.9. The standard InChI is InChI=1S/C66H50S/c1-43(60(39-44-19-5-2-6-20-44)47-35-37-57-56-30-17-18-32-63(56)67-64(57)42-47)45-33-38-59-61(40-45)66(48-21-7-3-8-22-48,49-23-9-4-10-24-49)62-41-46(50-25-11-16-31-58(50)65(59)62)34-36-55-53-28-14-12-26-51(53)52-27-13-15-29-54(52)55/h2-33,35,37-38,40-43,55,60H,34,36,39H2,1H3. The summed E-state index contributed by atoms with van der Waals surface area (Å²) in [5.74, 6) is 0.854. The minimum absolute atomic E-state index is 0.231. The molecule has 10 aromatic carbocycles. The summed E-state index contributed by atoms with van der Waals surface area (Å²) >= 11 is 1.92. The van der Waals surface area contributed by atoms with Crippen LogP contribution in [0.15, 0.2) is 231 Å². The molecule has 2 atom stereocenters. The molecule has 2 unspecified atom stereocenters. The average Bonchev–Trinajstić information content (AvgIpc) is 4.03. The van der Waals surface area contributed by atoms with Crippen molar-refractivity contribution in [2.75, 3.05) is 0 Å². The van der Waals surface area contributed by atoms with Crippen LogP contribution in [0.4, 0.5) is 0 Å². The summed E-state index contributed by atoms with van der Waals surface area (Å²) in [5.41, 5.74) is 18.8. The zero-order chi connectivity index (χ0) is 44.5. The van der Waals surface area contributed by atoms with Gasteiger partial charge in [-0.25, -0.2) is 0 Å². The molecule has 67 heavy (non-hydrogen) atoms. The highest BCUT2D eigenvalue weighted by Gasteiger charge is 2.47. The van der Waals surface area contributed by atoms with Crippen molar-refractivity contribution in [3.8, 4) is 22.3 Å². The minimum Gasteiger partial charge on any atom is -0.135 e. The normalized spacial score (nSPS) is 14.5. The third-order valence-corrected chi connectivity index (χ3v) is 16.7. The van der Waals surface area contributed by atoms with E-state index in [0.717, 1.165) is 19.3 Å². The van der Waals surface area contributed by atoms with E-state index in [2.05, 4.69) is 237 Å². The maximum Gasteiger partial charge on any atom is 0.0713 e. The average molecular weight is 875 g/mol. The number of aryl methyl sites for hydroxylation is 1. The smallest absolute Gasteiger partial charge is 0.0713 e. The number of fused-ring (bicyclic) bond motifs is 11. The van der Waals surface area contributed by atoms with Gasteiger partial charge in [-0.15, -0.1) is 11.3 Å². The fourth-order valence-corrected chi connectivity index (χ4v) is 13.6. The predicted octanol–water partition coefficient (Wildman–Crippen LogP) is 17.4. The second kappa shape index (κ2) is 16.2. The van der Waals surface area contributed by atoms with E-state index in [4.69, 9.17) is 0 Å². The molecule has 0 saturated carbocycles. The Morgan fingerprint density at radius 3 is 1.72 bits per heavy atom. The highest BCUT2D eigenvalue weighted by atomic mass is 32.1. The van der Waals surface area contributed by atoms with Gasteiger partial charge in [0.05, 0.1) is 5.41 Å². The maximum atomic E-state index is 2.63. The van der Waals surface area contributed by atoms with Crippen molar-refractivity contribution in [1.29, 1.82) is 0 Å². The first-order valence-electron chi connectivity index (χ1n) is 24.1. The van der Waals surface area contributed by atoms with Gasteiger partial charge >= 0.3 is 0 Å². The first kappa shape index (κ1) is 40.0. The topological polar surface area (TPSA) is 0 Å². The van der Waals surface area contributed by atoms with Gasteiger partial charge in [0, 0.05) is 26.1 Å². The lowest BCUT2D eigenvalue weighted by molar-refractivity contribution is 0.572. The number of rotatable bonds is 10. The van der Waals surface area contributed by atoms with Crippen LogP contribution in [0.2, 0.25) is 0 Å². The summed E-state index contributed by atoms with van der Waals surface area (Å²) in [5, 5.41) is 5.41. The summed E-state index contributed by atoms with van der Waals surface area (Å²) in [7, 11) is 0. The van der Waals surface area contributed by atoms with Crippen LogP contribution in [0.1, 0.15) is 86.7 Å². The molecule has 1 heteroatoms. The molecular weight excluding hydrogens is 825 g/mol. The van der Waals surface area contributed by atoms with Crippen LogP contribution in [0.25, 0.3) is 53.2 Å². The van der Waals surface area contributed by atoms with Crippen LogP contribution >= 0.6 is 11.3 Å². The molecule has 1 aromatic heterocycles. The van der Waals surface area contributed by atoms with Gasteiger partial charge in [-0.2, -0.15) is 0 Å². The molecule has 0 N–H and O–H groups in total.